The van der Waals surface area contributed by atoms with Gasteiger partial charge in [-0.2, -0.15) is 0 Å². The van der Waals surface area contributed by atoms with E-state index in [9.17, 15) is 9.18 Å². The number of hydrogen-bond acceptors (Lipinski definition) is 3. The third kappa shape index (κ3) is 6.05. The van der Waals surface area contributed by atoms with Gasteiger partial charge in [-0.05, 0) is 74.2 Å². The Morgan fingerprint density at radius 2 is 1.79 bits per heavy atom. The zero-order chi connectivity index (χ0) is 23.9. The number of carbonyl (C=O) groups excluding carboxylic acids is 1. The van der Waals surface area contributed by atoms with Gasteiger partial charge in [-0.1, -0.05) is 44.2 Å². The second-order valence-electron chi connectivity index (χ2n) is 9.28. The molecule has 0 atom stereocenters. The molecule has 34 heavy (non-hydrogen) atoms. The number of amides is 1. The van der Waals surface area contributed by atoms with Crippen molar-refractivity contribution in [2.45, 2.75) is 39.8 Å². The first kappa shape index (κ1) is 24.4. The van der Waals surface area contributed by atoms with Gasteiger partial charge in [0.2, 0.25) is 5.91 Å². The Kier molecular flexibility index (Phi) is 8.35. The fourth-order valence-corrected chi connectivity index (χ4v) is 5.01. The lowest BCUT2D eigenvalue weighted by Gasteiger charge is -2.31. The van der Waals surface area contributed by atoms with Gasteiger partial charge in [0, 0.05) is 43.3 Å². The zero-order valence-corrected chi connectivity index (χ0v) is 20.5. The zero-order valence-electron chi connectivity index (χ0n) is 20.5. The van der Waals surface area contributed by atoms with Crippen LogP contribution in [0.2, 0.25) is 0 Å². The molecule has 6 heteroatoms. The first-order valence-corrected chi connectivity index (χ1v) is 12.6. The summed E-state index contributed by atoms with van der Waals surface area (Å²) in [6.45, 7) is 11.3. The van der Waals surface area contributed by atoms with Crippen LogP contribution < -0.4 is 5.32 Å². The van der Waals surface area contributed by atoms with Crippen LogP contribution >= 0.6 is 0 Å². The van der Waals surface area contributed by atoms with Gasteiger partial charge in [0.25, 0.3) is 0 Å². The van der Waals surface area contributed by atoms with Crippen LogP contribution in [0.5, 0.6) is 0 Å². The largest absolute Gasteiger partial charge is 0.355 e. The maximum Gasteiger partial charge on any atom is 0.223 e. The summed E-state index contributed by atoms with van der Waals surface area (Å²) in [6.07, 6.45) is 1.78. The summed E-state index contributed by atoms with van der Waals surface area (Å²) in [5.41, 5.74) is 3.36. The number of carbonyl (C=O) groups is 1. The van der Waals surface area contributed by atoms with Gasteiger partial charge in [-0.3, -0.25) is 9.69 Å². The summed E-state index contributed by atoms with van der Waals surface area (Å²) < 4.78 is 16.1. The van der Waals surface area contributed by atoms with Gasteiger partial charge in [-0.25, -0.2) is 4.39 Å². The van der Waals surface area contributed by atoms with Gasteiger partial charge in [-0.15, -0.1) is 0 Å². The quantitative estimate of drug-likeness (QED) is 0.480. The molecule has 1 saturated heterocycles. The molecule has 0 radical (unpaired) electrons. The fourth-order valence-electron chi connectivity index (χ4n) is 5.01. The normalized spacial score (nSPS) is 15.3. The van der Waals surface area contributed by atoms with Gasteiger partial charge < -0.3 is 14.8 Å². The lowest BCUT2D eigenvalue weighted by molar-refractivity contribution is -0.126. The molecule has 1 aromatic heterocycles. The van der Waals surface area contributed by atoms with E-state index in [1.165, 1.54) is 22.7 Å². The topological polar surface area (TPSA) is 40.5 Å². The molecule has 0 unspecified atom stereocenters. The van der Waals surface area contributed by atoms with Crippen molar-refractivity contribution in [3.8, 4) is 0 Å². The molecular formula is C28H37FN4O. The van der Waals surface area contributed by atoms with Crippen LogP contribution in [0.1, 0.15) is 37.9 Å². The van der Waals surface area contributed by atoms with Gasteiger partial charge >= 0.3 is 0 Å². The highest BCUT2D eigenvalue weighted by Crippen LogP contribution is 2.25. The standard InChI is InChI=1S/C28H37FN4O/c1-3-31(4-2)17-14-30-28(34)23-12-15-32(16-13-23)21-26-19-24-9-5-6-11-27(24)33(26)20-22-8-7-10-25(29)18-22/h5-11,18-19,23H,3-4,12-17,20-21H2,1-2H3,(H,30,34). The summed E-state index contributed by atoms with van der Waals surface area (Å²) in [5, 5.41) is 4.35. The summed E-state index contributed by atoms with van der Waals surface area (Å²) in [4.78, 5) is 17.4. The van der Waals surface area contributed by atoms with Crippen molar-refractivity contribution in [3.63, 3.8) is 0 Å². The number of aromatic nitrogens is 1. The smallest absolute Gasteiger partial charge is 0.223 e. The maximum atomic E-state index is 13.8. The third-order valence-corrected chi connectivity index (χ3v) is 7.09. The Hall–Kier alpha value is -2.70. The molecule has 0 spiro atoms. The number of nitrogens with one attached hydrogen (secondary N) is 1. The summed E-state index contributed by atoms with van der Waals surface area (Å²) in [6, 6.07) is 17.5. The minimum Gasteiger partial charge on any atom is -0.355 e. The number of likely N-dealkylation sites (tertiary alicyclic amines) is 1. The van der Waals surface area contributed by atoms with Crippen molar-refractivity contribution in [1.29, 1.82) is 0 Å². The second kappa shape index (κ2) is 11.6. The predicted octanol–water partition coefficient (Wildman–Crippen LogP) is 4.50. The molecule has 2 aromatic carbocycles. The van der Waals surface area contributed by atoms with Crippen LogP contribution in [0.3, 0.4) is 0 Å². The Balaban J connectivity index is 1.37. The molecule has 1 aliphatic rings. The van der Waals surface area contributed by atoms with Crippen LogP contribution in [-0.2, 0) is 17.9 Å². The maximum absolute atomic E-state index is 13.8. The van der Waals surface area contributed by atoms with Crippen LogP contribution in [0.15, 0.2) is 54.6 Å². The minimum atomic E-state index is -0.201. The molecule has 5 nitrogen and oxygen atoms in total. The summed E-state index contributed by atoms with van der Waals surface area (Å²) >= 11 is 0. The number of hydrogen-bond donors (Lipinski definition) is 1. The molecule has 2 heterocycles. The number of nitrogens with zero attached hydrogens (tertiary/aromatic N) is 3. The van der Waals surface area contributed by atoms with Crippen LogP contribution in [0, 0.1) is 11.7 Å². The summed E-state index contributed by atoms with van der Waals surface area (Å²) in [5.74, 6) is 0.103. The molecule has 1 amide bonds. The van der Waals surface area contributed by atoms with Crippen molar-refractivity contribution in [2.75, 3.05) is 39.3 Å². The van der Waals surface area contributed by atoms with Gasteiger partial charge in [0.1, 0.15) is 5.82 Å². The van der Waals surface area contributed by atoms with E-state index >= 15 is 0 Å². The SMILES string of the molecule is CCN(CC)CCNC(=O)C1CCN(Cc2cc3ccccc3n2Cc2cccc(F)c2)CC1. The van der Waals surface area contributed by atoms with E-state index < -0.39 is 0 Å². The predicted molar refractivity (Wildman–Crippen MR) is 136 cm³/mol. The Labute approximate surface area is 202 Å². The van der Waals surface area contributed by atoms with Gasteiger partial charge in [0.05, 0.1) is 0 Å². The Bertz CT molecular complexity index is 1080. The molecular weight excluding hydrogens is 427 g/mol. The van der Waals surface area contributed by atoms with Crippen LogP contribution in [0.4, 0.5) is 4.39 Å². The lowest BCUT2D eigenvalue weighted by Crippen LogP contribution is -2.42. The van der Waals surface area contributed by atoms with E-state index in [0.29, 0.717) is 6.54 Å². The van der Waals surface area contributed by atoms with E-state index in [0.717, 1.165) is 64.2 Å². The number of rotatable bonds is 10. The first-order valence-electron chi connectivity index (χ1n) is 12.6. The van der Waals surface area contributed by atoms with E-state index in [1.54, 1.807) is 12.1 Å². The van der Waals surface area contributed by atoms with Crippen molar-refractivity contribution in [2.24, 2.45) is 5.92 Å². The monoisotopic (exact) mass is 464 g/mol. The number of benzene rings is 2. The third-order valence-electron chi connectivity index (χ3n) is 7.09. The lowest BCUT2D eigenvalue weighted by atomic mass is 9.96. The highest BCUT2D eigenvalue weighted by Gasteiger charge is 2.25. The van der Waals surface area contributed by atoms with Crippen molar-refractivity contribution in [3.05, 3.63) is 71.7 Å². The molecule has 1 fully saturated rings. The minimum absolute atomic E-state index is 0.103. The average molecular weight is 465 g/mol. The van der Waals surface area contributed by atoms with E-state index in [-0.39, 0.29) is 17.6 Å². The Morgan fingerprint density at radius 1 is 1.03 bits per heavy atom. The highest BCUT2D eigenvalue weighted by molar-refractivity contribution is 5.81. The number of piperidine rings is 1. The van der Waals surface area contributed by atoms with E-state index in [4.69, 9.17) is 0 Å². The summed E-state index contributed by atoms with van der Waals surface area (Å²) in [7, 11) is 0. The first-order chi connectivity index (χ1) is 16.6. The number of para-hydroxylation sites is 1. The Morgan fingerprint density at radius 3 is 2.53 bits per heavy atom. The highest BCUT2D eigenvalue weighted by atomic mass is 19.1. The molecule has 0 bridgehead atoms. The molecule has 1 N–H and O–H groups in total. The molecule has 4 rings (SSSR count). The number of halogens is 1. The molecule has 182 valence electrons. The van der Waals surface area contributed by atoms with Crippen LogP contribution in [-0.4, -0.2) is 59.5 Å². The average Bonchev–Trinajstić information content (AvgIpc) is 3.19. The molecule has 1 aliphatic heterocycles. The number of likely N-dealkylation sites (N-methyl/N-ethyl adjacent to an activating group) is 1. The molecule has 3 aromatic rings. The van der Waals surface area contributed by atoms with Crippen LogP contribution in [0.25, 0.3) is 10.9 Å². The molecule has 0 aliphatic carbocycles. The number of fused-ring (bicyclic) bond motifs is 1. The second-order valence-corrected chi connectivity index (χ2v) is 9.28. The fraction of sp³-hybridized carbons (Fsp3) is 0.464. The van der Waals surface area contributed by atoms with E-state index in [2.05, 4.69) is 63.9 Å². The van der Waals surface area contributed by atoms with Crippen molar-refractivity contribution in [1.82, 2.24) is 19.7 Å². The van der Waals surface area contributed by atoms with Crippen molar-refractivity contribution < 1.29 is 9.18 Å². The van der Waals surface area contributed by atoms with Gasteiger partial charge in [0.15, 0.2) is 0 Å². The van der Waals surface area contributed by atoms with E-state index in [1.807, 2.05) is 6.07 Å². The van der Waals surface area contributed by atoms with Crippen molar-refractivity contribution >= 4 is 16.8 Å². The molecule has 0 saturated carbocycles.